The smallest absolute Gasteiger partial charge is 0.435 e. The van der Waals surface area contributed by atoms with E-state index in [1.165, 1.54) is 62.8 Å². The van der Waals surface area contributed by atoms with Crippen LogP contribution in [0.4, 0.5) is 23.4 Å². The summed E-state index contributed by atoms with van der Waals surface area (Å²) in [7, 11) is 2.90. The van der Waals surface area contributed by atoms with E-state index in [2.05, 4.69) is 15.0 Å². The number of fused-ring (bicyclic) bond motifs is 1. The largest absolute Gasteiger partial charge is 0.497 e. The minimum Gasteiger partial charge on any atom is -0.497 e. The maximum atomic E-state index is 15.5. The number of nitrogens with two attached hydrogens (primary N) is 1. The average molecular weight is 646 g/mol. The summed E-state index contributed by atoms with van der Waals surface area (Å²) in [6.45, 7) is -5.47. The van der Waals surface area contributed by atoms with E-state index in [0.29, 0.717) is 16.1 Å². The van der Waals surface area contributed by atoms with Crippen molar-refractivity contribution < 1.29 is 50.5 Å². The van der Waals surface area contributed by atoms with Crippen molar-refractivity contribution >= 4 is 35.5 Å². The maximum absolute atomic E-state index is 15.5. The van der Waals surface area contributed by atoms with Crippen molar-refractivity contribution in [1.29, 1.82) is 0 Å². The van der Waals surface area contributed by atoms with Gasteiger partial charge in [-0.05, 0) is 48.5 Å². The number of methoxy groups -OCH3 is 2. The molecule has 2 aromatic heterocycles. The van der Waals surface area contributed by atoms with E-state index in [0.717, 1.165) is 12.7 Å². The molecule has 3 atom stereocenters. The second-order valence-electron chi connectivity index (χ2n) is 9.14. The van der Waals surface area contributed by atoms with Crippen LogP contribution in [0, 0.1) is 0 Å². The van der Waals surface area contributed by atoms with Crippen LogP contribution in [0.2, 0.25) is 0 Å². The molecule has 0 bridgehead atoms. The average Bonchev–Trinajstić information content (AvgIpc) is 3.50. The summed E-state index contributed by atoms with van der Waals surface area (Å²) in [5, 5.41) is 10.7. The number of nitrogen functional groups attached to an aromatic ring is 1. The molecule has 1 fully saturated rings. The van der Waals surface area contributed by atoms with Gasteiger partial charge in [0, 0.05) is 11.8 Å². The van der Waals surface area contributed by atoms with E-state index < -0.39 is 43.6 Å². The molecule has 43 heavy (non-hydrogen) atoms. The molecule has 12 nitrogen and oxygen atoms in total. The highest BCUT2D eigenvalue weighted by Gasteiger charge is 2.71. The normalized spacial score (nSPS) is 21.7. The predicted octanol–water partition coefficient (Wildman–Crippen LogP) is 4.35. The first kappa shape index (κ1) is 30.7. The van der Waals surface area contributed by atoms with Crippen LogP contribution in [0.3, 0.4) is 0 Å². The fourth-order valence-electron chi connectivity index (χ4n) is 4.22. The van der Waals surface area contributed by atoms with Crippen molar-refractivity contribution in [3.05, 3.63) is 61.2 Å². The molecule has 1 aliphatic heterocycles. The fraction of sp³-hybridized carbons (Fsp3) is 0.320. The molecular formula is C25H24F4N5O7PS. The van der Waals surface area contributed by atoms with Crippen LogP contribution >= 0.6 is 6.72 Å². The van der Waals surface area contributed by atoms with Gasteiger partial charge in [-0.25, -0.2) is 23.7 Å². The summed E-state index contributed by atoms with van der Waals surface area (Å²) in [6, 6.07) is 11.9. The van der Waals surface area contributed by atoms with E-state index in [1.807, 2.05) is 0 Å². The van der Waals surface area contributed by atoms with Crippen LogP contribution in [0.25, 0.3) is 11.2 Å². The van der Waals surface area contributed by atoms with Gasteiger partial charge in [0.25, 0.3) is 6.43 Å². The summed E-state index contributed by atoms with van der Waals surface area (Å²) in [6.07, 6.45) is -7.41. The van der Waals surface area contributed by atoms with Gasteiger partial charge >= 0.3 is 12.6 Å². The Hall–Kier alpha value is -3.76. The number of aromatic nitrogens is 4. The quantitative estimate of drug-likeness (QED) is 0.177. The van der Waals surface area contributed by atoms with Crippen LogP contribution in [-0.4, -0.2) is 69.5 Å². The van der Waals surface area contributed by atoms with Crippen molar-refractivity contribution in [2.45, 2.75) is 30.3 Å². The van der Waals surface area contributed by atoms with E-state index in [-0.39, 0.29) is 28.5 Å². The number of halogens is 4. The molecule has 1 aliphatic rings. The Labute approximate surface area is 246 Å². The highest BCUT2D eigenvalue weighted by molar-refractivity contribution is 8.07. The SMILES string of the molecule is COc1ccc(OP(=S)(OC[C@@]2(C(F)F)O[C@@H](n3cnc4c(N)ncnc43)C(F)(F)[C@H]2O)Oc2ccc(OC)cc2)cc1. The third-order valence-corrected chi connectivity index (χ3v) is 8.58. The van der Waals surface area contributed by atoms with Gasteiger partial charge in [0.1, 0.15) is 34.8 Å². The lowest BCUT2D eigenvalue weighted by Gasteiger charge is -2.32. The Kier molecular flexibility index (Phi) is 8.37. The Bertz CT molecular complexity index is 1580. The number of aliphatic hydroxyl groups is 1. The summed E-state index contributed by atoms with van der Waals surface area (Å²) in [5.41, 5.74) is 2.13. The Morgan fingerprint density at radius 3 is 2.02 bits per heavy atom. The number of imidazole rings is 1. The van der Waals surface area contributed by atoms with Gasteiger partial charge in [-0.2, -0.15) is 8.78 Å². The van der Waals surface area contributed by atoms with Crippen LogP contribution in [0.15, 0.2) is 61.2 Å². The predicted molar refractivity (Wildman–Crippen MR) is 147 cm³/mol. The summed E-state index contributed by atoms with van der Waals surface area (Å²) in [5.74, 6) is -3.28. The third kappa shape index (κ3) is 5.78. The number of hydrogen-bond donors (Lipinski definition) is 2. The molecule has 5 rings (SSSR count). The molecule has 0 aliphatic carbocycles. The summed E-state index contributed by atoms with van der Waals surface area (Å²) >= 11 is 5.51. The van der Waals surface area contributed by atoms with E-state index in [9.17, 15) is 13.9 Å². The highest BCUT2D eigenvalue weighted by atomic mass is 32.5. The van der Waals surface area contributed by atoms with Crippen molar-refractivity contribution in [3.8, 4) is 23.0 Å². The van der Waals surface area contributed by atoms with Crippen molar-refractivity contribution in [2.24, 2.45) is 0 Å². The van der Waals surface area contributed by atoms with Crippen molar-refractivity contribution in [1.82, 2.24) is 19.5 Å². The van der Waals surface area contributed by atoms with Gasteiger partial charge in [0.2, 0.25) is 6.23 Å². The number of anilines is 1. The number of aliphatic hydroxyl groups excluding tert-OH is 1. The van der Waals surface area contributed by atoms with Crippen LogP contribution in [0.1, 0.15) is 6.23 Å². The molecule has 2 aromatic carbocycles. The number of rotatable bonds is 11. The Balaban J connectivity index is 1.47. The monoisotopic (exact) mass is 645 g/mol. The molecule has 4 aromatic rings. The first-order valence-corrected chi connectivity index (χ1v) is 14.8. The minimum absolute atomic E-state index is 0.0709. The molecule has 0 unspecified atom stereocenters. The molecule has 3 heterocycles. The zero-order valence-corrected chi connectivity index (χ0v) is 24.1. The summed E-state index contributed by atoms with van der Waals surface area (Å²) < 4.78 is 93.7. The second kappa shape index (κ2) is 11.7. The van der Waals surface area contributed by atoms with Gasteiger partial charge in [-0.3, -0.25) is 9.09 Å². The van der Waals surface area contributed by atoms with E-state index in [1.54, 1.807) is 0 Å². The van der Waals surface area contributed by atoms with E-state index in [4.69, 9.17) is 45.3 Å². The first-order chi connectivity index (χ1) is 20.4. The highest BCUT2D eigenvalue weighted by Crippen LogP contribution is 2.55. The molecule has 0 saturated carbocycles. The number of benzene rings is 2. The Morgan fingerprint density at radius 2 is 1.51 bits per heavy atom. The van der Waals surface area contributed by atoms with Crippen molar-refractivity contribution in [2.75, 3.05) is 26.6 Å². The number of ether oxygens (including phenoxy) is 3. The standard InChI is InChI=1S/C25H24F4N5O7PS/c1-36-14-3-7-16(8-4-14)40-42(43,41-17-9-5-15(37-2)6-10-17)38-11-24(22(26)27)21(35)25(28,29)23(39-24)34-13-33-18-19(30)31-12-32-20(18)34/h3-10,12-13,21-23,35H,11H2,1-2H3,(H2,30,31,32)/t21-,23+,24+/m0/s1. The Morgan fingerprint density at radius 1 is 0.977 bits per heavy atom. The van der Waals surface area contributed by atoms with Crippen LogP contribution in [-0.2, 0) is 21.1 Å². The third-order valence-electron chi connectivity index (χ3n) is 6.50. The van der Waals surface area contributed by atoms with Gasteiger partial charge in [0.05, 0.1) is 27.2 Å². The van der Waals surface area contributed by atoms with Crippen LogP contribution in [0.5, 0.6) is 23.0 Å². The topological polar surface area (TPSA) is 145 Å². The molecule has 0 amide bonds. The molecule has 230 valence electrons. The van der Waals surface area contributed by atoms with E-state index >= 15 is 8.78 Å². The zero-order chi connectivity index (χ0) is 31.0. The maximum Gasteiger partial charge on any atom is 0.435 e. The zero-order valence-electron chi connectivity index (χ0n) is 22.3. The molecule has 3 N–H and O–H groups in total. The van der Waals surface area contributed by atoms with Gasteiger partial charge in [0.15, 0.2) is 23.2 Å². The molecule has 0 spiro atoms. The second-order valence-corrected chi connectivity index (χ2v) is 12.0. The van der Waals surface area contributed by atoms with Crippen molar-refractivity contribution in [3.63, 3.8) is 0 Å². The summed E-state index contributed by atoms with van der Waals surface area (Å²) in [4.78, 5) is 11.5. The first-order valence-electron chi connectivity index (χ1n) is 12.3. The molecule has 1 saturated heterocycles. The van der Waals surface area contributed by atoms with Gasteiger partial charge in [-0.15, -0.1) is 0 Å². The molecular weight excluding hydrogens is 621 g/mol. The molecule has 0 radical (unpaired) electrons. The fourth-order valence-corrected chi connectivity index (χ4v) is 6.16. The van der Waals surface area contributed by atoms with Gasteiger partial charge in [-0.1, -0.05) is 0 Å². The number of hydrogen-bond acceptors (Lipinski definition) is 12. The lowest BCUT2D eigenvalue weighted by atomic mass is 9.96. The minimum atomic E-state index is -4.29. The lowest BCUT2D eigenvalue weighted by molar-refractivity contribution is -0.191. The molecule has 18 heteroatoms. The number of nitrogens with zero attached hydrogens (tertiary/aromatic N) is 4. The lowest BCUT2D eigenvalue weighted by Crippen LogP contribution is -2.54. The van der Waals surface area contributed by atoms with Crippen LogP contribution < -0.4 is 24.3 Å². The number of alkyl halides is 4. The van der Waals surface area contributed by atoms with Gasteiger partial charge < -0.3 is 34.1 Å².